The van der Waals surface area contributed by atoms with Crippen molar-refractivity contribution in [3.8, 4) is 0 Å². The van der Waals surface area contributed by atoms with Crippen LogP contribution in [-0.4, -0.2) is 42.1 Å². The molecule has 6 heteroatoms. The summed E-state index contributed by atoms with van der Waals surface area (Å²) >= 11 is 5.84. The van der Waals surface area contributed by atoms with Gasteiger partial charge in [0.1, 0.15) is 0 Å². The summed E-state index contributed by atoms with van der Waals surface area (Å²) < 4.78 is 0. The highest BCUT2D eigenvalue weighted by Crippen LogP contribution is 2.15. The van der Waals surface area contributed by atoms with E-state index < -0.39 is 7.12 Å². The number of hydrogen-bond donors (Lipinski definition) is 2. The molecular weight excluding hydrogens is 216 g/mol. The average molecular weight is 227 g/mol. The van der Waals surface area contributed by atoms with E-state index in [-0.39, 0.29) is 16.4 Å². The van der Waals surface area contributed by atoms with Crippen molar-refractivity contribution in [1.29, 1.82) is 0 Å². The Morgan fingerprint density at radius 1 is 1.40 bits per heavy atom. The van der Waals surface area contributed by atoms with Crippen LogP contribution in [-0.2, 0) is 0 Å². The molecule has 1 amide bonds. The Kier molecular flexibility index (Phi) is 3.74. The molecule has 0 aromatic heterocycles. The van der Waals surface area contributed by atoms with Crippen LogP contribution in [0.2, 0.25) is 5.02 Å². The summed E-state index contributed by atoms with van der Waals surface area (Å²) in [6.45, 7) is 0. The van der Waals surface area contributed by atoms with E-state index in [1.54, 1.807) is 14.1 Å². The van der Waals surface area contributed by atoms with Crippen LogP contribution in [0.5, 0.6) is 0 Å². The maximum absolute atomic E-state index is 11.6. The predicted octanol–water partition coefficient (Wildman–Crippen LogP) is -0.278. The second-order valence-corrected chi connectivity index (χ2v) is 3.72. The van der Waals surface area contributed by atoms with Gasteiger partial charge in [-0.2, -0.15) is 0 Å². The topological polar surface area (TPSA) is 60.8 Å². The highest BCUT2D eigenvalue weighted by molar-refractivity contribution is 6.59. The molecular formula is C9H11BClNO3. The number of carbonyl (C=O) groups is 1. The predicted molar refractivity (Wildman–Crippen MR) is 59.3 cm³/mol. The van der Waals surface area contributed by atoms with E-state index in [1.807, 2.05) is 0 Å². The van der Waals surface area contributed by atoms with Crippen molar-refractivity contribution in [2.24, 2.45) is 0 Å². The Balaban J connectivity index is 3.08. The Hall–Kier alpha value is -1.04. The van der Waals surface area contributed by atoms with Gasteiger partial charge >= 0.3 is 7.12 Å². The molecule has 0 saturated carbocycles. The molecule has 0 aliphatic carbocycles. The minimum atomic E-state index is -1.58. The summed E-state index contributed by atoms with van der Waals surface area (Å²) in [7, 11) is 1.66. The maximum atomic E-state index is 11.6. The first kappa shape index (κ1) is 12.0. The quantitative estimate of drug-likeness (QED) is 0.683. The fourth-order valence-corrected chi connectivity index (χ4v) is 1.38. The van der Waals surface area contributed by atoms with Crippen LogP contribution in [0.1, 0.15) is 10.4 Å². The van der Waals surface area contributed by atoms with E-state index in [0.717, 1.165) is 0 Å². The first-order valence-electron chi connectivity index (χ1n) is 4.30. The lowest BCUT2D eigenvalue weighted by Crippen LogP contribution is -2.30. The number of amides is 1. The molecule has 0 aliphatic heterocycles. The molecule has 0 saturated heterocycles. The smallest absolute Gasteiger partial charge is 0.423 e. The van der Waals surface area contributed by atoms with Gasteiger partial charge in [0.15, 0.2) is 0 Å². The standard InChI is InChI=1S/C9H11BClNO3/c1-12(2)9(13)7-4-3-6(10(14)15)5-8(7)11/h3-5,14-15H,1-2H3. The number of halogens is 1. The SMILES string of the molecule is CN(C)C(=O)c1ccc(B(O)O)cc1Cl. The van der Waals surface area contributed by atoms with Gasteiger partial charge in [0.05, 0.1) is 10.6 Å². The number of benzene rings is 1. The summed E-state index contributed by atoms with van der Waals surface area (Å²) in [5.74, 6) is -0.223. The Bertz CT molecular complexity index is 382. The first-order chi connectivity index (χ1) is 6.93. The summed E-state index contributed by atoms with van der Waals surface area (Å²) in [6, 6.07) is 4.29. The van der Waals surface area contributed by atoms with Crippen molar-refractivity contribution in [1.82, 2.24) is 4.90 Å². The summed E-state index contributed by atoms with van der Waals surface area (Å²) in [5, 5.41) is 18.0. The van der Waals surface area contributed by atoms with Crippen LogP contribution in [0.4, 0.5) is 0 Å². The number of rotatable bonds is 2. The lowest BCUT2D eigenvalue weighted by molar-refractivity contribution is 0.0828. The van der Waals surface area contributed by atoms with E-state index in [9.17, 15) is 4.79 Å². The Morgan fingerprint density at radius 3 is 2.40 bits per heavy atom. The average Bonchev–Trinajstić information content (AvgIpc) is 2.16. The van der Waals surface area contributed by atoms with E-state index in [2.05, 4.69) is 0 Å². The van der Waals surface area contributed by atoms with E-state index in [1.165, 1.54) is 23.1 Å². The van der Waals surface area contributed by atoms with Crippen LogP contribution >= 0.6 is 11.6 Å². The third-order valence-corrected chi connectivity index (χ3v) is 2.24. The normalized spacial score (nSPS) is 9.93. The third-order valence-electron chi connectivity index (χ3n) is 1.93. The van der Waals surface area contributed by atoms with Gasteiger partial charge in [0.2, 0.25) is 0 Å². The van der Waals surface area contributed by atoms with Gasteiger partial charge in [-0.15, -0.1) is 0 Å². The van der Waals surface area contributed by atoms with Gasteiger partial charge < -0.3 is 14.9 Å². The second kappa shape index (κ2) is 4.66. The van der Waals surface area contributed by atoms with Gasteiger partial charge in [-0.1, -0.05) is 17.7 Å². The highest BCUT2D eigenvalue weighted by Gasteiger charge is 2.16. The minimum Gasteiger partial charge on any atom is -0.423 e. The zero-order valence-corrected chi connectivity index (χ0v) is 9.19. The second-order valence-electron chi connectivity index (χ2n) is 3.31. The maximum Gasteiger partial charge on any atom is 0.488 e. The van der Waals surface area contributed by atoms with Crippen LogP contribution in [0, 0.1) is 0 Å². The van der Waals surface area contributed by atoms with Gasteiger partial charge in [-0.3, -0.25) is 4.79 Å². The van der Waals surface area contributed by atoms with Gasteiger partial charge in [-0.05, 0) is 17.6 Å². The van der Waals surface area contributed by atoms with Crippen LogP contribution in [0.25, 0.3) is 0 Å². The molecule has 1 aromatic carbocycles. The highest BCUT2D eigenvalue weighted by atomic mass is 35.5. The van der Waals surface area contributed by atoms with Gasteiger partial charge in [0, 0.05) is 14.1 Å². The van der Waals surface area contributed by atoms with Gasteiger partial charge in [0.25, 0.3) is 5.91 Å². The van der Waals surface area contributed by atoms with Crippen LogP contribution < -0.4 is 5.46 Å². The molecule has 0 heterocycles. The zero-order valence-electron chi connectivity index (χ0n) is 8.44. The molecule has 1 aromatic rings. The lowest BCUT2D eigenvalue weighted by Gasteiger charge is -2.12. The molecule has 0 atom stereocenters. The van der Waals surface area contributed by atoms with Crippen molar-refractivity contribution in [3.63, 3.8) is 0 Å². The van der Waals surface area contributed by atoms with E-state index >= 15 is 0 Å². The van der Waals surface area contributed by atoms with Crippen LogP contribution in [0.3, 0.4) is 0 Å². The molecule has 0 bridgehead atoms. The van der Waals surface area contributed by atoms with Crippen molar-refractivity contribution in [2.45, 2.75) is 0 Å². The number of hydrogen-bond acceptors (Lipinski definition) is 3. The summed E-state index contributed by atoms with van der Waals surface area (Å²) in [6.07, 6.45) is 0. The van der Waals surface area contributed by atoms with Crippen molar-refractivity contribution < 1.29 is 14.8 Å². The molecule has 15 heavy (non-hydrogen) atoms. The molecule has 2 N–H and O–H groups in total. The molecule has 0 spiro atoms. The van der Waals surface area contributed by atoms with E-state index in [4.69, 9.17) is 21.6 Å². The molecule has 0 aliphatic rings. The fraction of sp³-hybridized carbons (Fsp3) is 0.222. The molecule has 0 unspecified atom stereocenters. The molecule has 0 radical (unpaired) electrons. The van der Waals surface area contributed by atoms with Gasteiger partial charge in [-0.25, -0.2) is 0 Å². The van der Waals surface area contributed by atoms with Crippen molar-refractivity contribution in [3.05, 3.63) is 28.8 Å². The van der Waals surface area contributed by atoms with E-state index in [0.29, 0.717) is 5.56 Å². The minimum absolute atomic E-state index is 0.208. The summed E-state index contributed by atoms with van der Waals surface area (Å²) in [4.78, 5) is 13.0. The monoisotopic (exact) mass is 227 g/mol. The number of nitrogens with zero attached hydrogens (tertiary/aromatic N) is 1. The molecule has 0 fully saturated rings. The van der Waals surface area contributed by atoms with Crippen molar-refractivity contribution >= 4 is 30.1 Å². The zero-order chi connectivity index (χ0) is 11.6. The first-order valence-corrected chi connectivity index (χ1v) is 4.68. The third kappa shape index (κ3) is 2.71. The Labute approximate surface area is 93.2 Å². The summed E-state index contributed by atoms with van der Waals surface area (Å²) in [5.41, 5.74) is 0.598. The molecule has 4 nitrogen and oxygen atoms in total. The molecule has 80 valence electrons. The van der Waals surface area contributed by atoms with Crippen molar-refractivity contribution in [2.75, 3.05) is 14.1 Å². The molecule has 1 rings (SSSR count). The fourth-order valence-electron chi connectivity index (χ4n) is 1.11. The van der Waals surface area contributed by atoms with Crippen LogP contribution in [0.15, 0.2) is 18.2 Å². The Morgan fingerprint density at radius 2 is 2.00 bits per heavy atom. The number of carbonyl (C=O) groups excluding carboxylic acids is 1. The largest absolute Gasteiger partial charge is 0.488 e. The lowest BCUT2D eigenvalue weighted by atomic mass is 9.80.